The molecule has 2 nitrogen and oxygen atoms in total. The Morgan fingerprint density at radius 1 is 1.05 bits per heavy atom. The van der Waals surface area contributed by atoms with E-state index in [0.29, 0.717) is 11.6 Å². The van der Waals surface area contributed by atoms with E-state index in [1.807, 2.05) is 36.4 Å². The molecule has 0 amide bonds. The van der Waals surface area contributed by atoms with E-state index in [1.54, 1.807) is 0 Å². The van der Waals surface area contributed by atoms with Crippen molar-refractivity contribution >= 4 is 43.5 Å². The summed E-state index contributed by atoms with van der Waals surface area (Å²) in [5, 5.41) is 0.686. The van der Waals surface area contributed by atoms with Crippen LogP contribution >= 0.6 is 43.5 Å². The lowest BCUT2D eigenvalue weighted by atomic mass is 10.1. The molecule has 0 unspecified atom stereocenters. The van der Waals surface area contributed by atoms with E-state index in [-0.39, 0.29) is 0 Å². The van der Waals surface area contributed by atoms with Gasteiger partial charge in [-0.3, -0.25) is 0 Å². The SMILES string of the molecule is NCCc1cc(Cl)ccc1Oc1ccc(Br)cc1Br. The maximum Gasteiger partial charge on any atom is 0.141 e. The summed E-state index contributed by atoms with van der Waals surface area (Å²) >= 11 is 12.9. The molecular formula is C14H12Br2ClNO. The topological polar surface area (TPSA) is 35.2 Å². The second-order valence-electron chi connectivity index (χ2n) is 3.97. The Morgan fingerprint density at radius 2 is 1.79 bits per heavy atom. The van der Waals surface area contributed by atoms with Gasteiger partial charge in [0.1, 0.15) is 11.5 Å². The van der Waals surface area contributed by atoms with Gasteiger partial charge in [0, 0.05) is 9.50 Å². The highest BCUT2D eigenvalue weighted by molar-refractivity contribution is 9.11. The predicted molar refractivity (Wildman–Crippen MR) is 86.1 cm³/mol. The van der Waals surface area contributed by atoms with Crippen LogP contribution in [0.15, 0.2) is 45.3 Å². The summed E-state index contributed by atoms with van der Waals surface area (Å²) in [4.78, 5) is 0. The van der Waals surface area contributed by atoms with Gasteiger partial charge in [-0.25, -0.2) is 0 Å². The molecule has 0 aliphatic heterocycles. The van der Waals surface area contributed by atoms with Gasteiger partial charge >= 0.3 is 0 Å². The van der Waals surface area contributed by atoms with Crippen LogP contribution in [0.4, 0.5) is 0 Å². The quantitative estimate of drug-likeness (QED) is 0.763. The summed E-state index contributed by atoms with van der Waals surface area (Å²) in [6.45, 7) is 0.554. The average molecular weight is 406 g/mol. The second kappa shape index (κ2) is 6.75. The molecule has 0 radical (unpaired) electrons. The van der Waals surface area contributed by atoms with Gasteiger partial charge in [0.25, 0.3) is 0 Å². The summed E-state index contributed by atoms with van der Waals surface area (Å²) in [5.74, 6) is 1.53. The molecule has 2 rings (SSSR count). The lowest BCUT2D eigenvalue weighted by Crippen LogP contribution is -2.04. The van der Waals surface area contributed by atoms with Crippen LogP contribution in [0.3, 0.4) is 0 Å². The molecule has 19 heavy (non-hydrogen) atoms. The van der Waals surface area contributed by atoms with Crippen LogP contribution in [0.5, 0.6) is 11.5 Å². The van der Waals surface area contributed by atoms with Crippen molar-refractivity contribution in [2.24, 2.45) is 5.73 Å². The van der Waals surface area contributed by atoms with Crippen LogP contribution < -0.4 is 10.5 Å². The lowest BCUT2D eigenvalue weighted by molar-refractivity contribution is 0.473. The van der Waals surface area contributed by atoms with Gasteiger partial charge < -0.3 is 10.5 Å². The maximum atomic E-state index is 6.00. The fourth-order valence-electron chi connectivity index (χ4n) is 1.67. The Morgan fingerprint density at radius 3 is 2.47 bits per heavy atom. The molecule has 0 aliphatic carbocycles. The minimum atomic E-state index is 0.554. The van der Waals surface area contributed by atoms with Crippen molar-refractivity contribution in [1.82, 2.24) is 0 Å². The van der Waals surface area contributed by atoms with Crippen LogP contribution in [0.1, 0.15) is 5.56 Å². The summed E-state index contributed by atoms with van der Waals surface area (Å²) in [6, 6.07) is 11.3. The van der Waals surface area contributed by atoms with Crippen molar-refractivity contribution < 1.29 is 4.74 Å². The van der Waals surface area contributed by atoms with E-state index < -0.39 is 0 Å². The van der Waals surface area contributed by atoms with Gasteiger partial charge in [0.15, 0.2) is 0 Å². The zero-order valence-corrected chi connectivity index (χ0v) is 13.9. The number of hydrogen-bond acceptors (Lipinski definition) is 2. The molecule has 2 aromatic rings. The molecule has 0 fully saturated rings. The van der Waals surface area contributed by atoms with E-state index in [4.69, 9.17) is 22.1 Å². The van der Waals surface area contributed by atoms with Gasteiger partial charge in [-0.05, 0) is 70.9 Å². The third kappa shape index (κ3) is 3.96. The highest BCUT2D eigenvalue weighted by Crippen LogP contribution is 2.34. The number of rotatable bonds is 4. The minimum Gasteiger partial charge on any atom is -0.456 e. The van der Waals surface area contributed by atoms with E-state index in [1.165, 1.54) is 0 Å². The number of benzene rings is 2. The Bertz CT molecular complexity index is 590. The molecule has 0 aromatic heterocycles. The molecular weight excluding hydrogens is 393 g/mol. The third-order valence-electron chi connectivity index (χ3n) is 2.55. The number of ether oxygens (including phenoxy) is 1. The molecule has 0 bridgehead atoms. The Balaban J connectivity index is 2.32. The second-order valence-corrected chi connectivity index (χ2v) is 6.17. The molecule has 100 valence electrons. The molecule has 0 atom stereocenters. The van der Waals surface area contributed by atoms with E-state index in [0.717, 1.165) is 32.4 Å². The van der Waals surface area contributed by atoms with Crippen molar-refractivity contribution in [2.45, 2.75) is 6.42 Å². The van der Waals surface area contributed by atoms with Gasteiger partial charge in [0.05, 0.1) is 4.47 Å². The first-order valence-electron chi connectivity index (χ1n) is 5.71. The fourth-order valence-corrected chi connectivity index (χ4v) is 3.00. The van der Waals surface area contributed by atoms with Crippen LogP contribution in [0, 0.1) is 0 Å². The highest BCUT2D eigenvalue weighted by Gasteiger charge is 2.08. The highest BCUT2D eigenvalue weighted by atomic mass is 79.9. The van der Waals surface area contributed by atoms with Crippen LogP contribution in [0.2, 0.25) is 5.02 Å². The predicted octanol–water partition coefficient (Wildman–Crippen LogP) is 5.16. The van der Waals surface area contributed by atoms with Crippen molar-refractivity contribution in [2.75, 3.05) is 6.54 Å². The smallest absolute Gasteiger partial charge is 0.141 e. The van der Waals surface area contributed by atoms with E-state index >= 15 is 0 Å². The van der Waals surface area contributed by atoms with E-state index in [9.17, 15) is 0 Å². The molecule has 2 aromatic carbocycles. The average Bonchev–Trinajstić information content (AvgIpc) is 2.36. The van der Waals surface area contributed by atoms with Crippen LogP contribution in [-0.2, 0) is 6.42 Å². The number of nitrogens with two attached hydrogens (primary N) is 1. The van der Waals surface area contributed by atoms with Crippen LogP contribution in [0.25, 0.3) is 0 Å². The monoisotopic (exact) mass is 403 g/mol. The number of halogens is 3. The van der Waals surface area contributed by atoms with Crippen molar-refractivity contribution in [3.63, 3.8) is 0 Å². The molecule has 2 N–H and O–H groups in total. The van der Waals surface area contributed by atoms with Gasteiger partial charge in [-0.2, -0.15) is 0 Å². The molecule has 5 heteroatoms. The first-order chi connectivity index (χ1) is 9.10. The van der Waals surface area contributed by atoms with E-state index in [2.05, 4.69) is 31.9 Å². The first kappa shape index (κ1) is 14.9. The summed E-state index contributed by atoms with van der Waals surface area (Å²) in [6.07, 6.45) is 0.726. The van der Waals surface area contributed by atoms with Crippen molar-refractivity contribution in [3.05, 3.63) is 55.9 Å². The van der Waals surface area contributed by atoms with Crippen LogP contribution in [-0.4, -0.2) is 6.54 Å². The standard InChI is InChI=1S/C14H12Br2ClNO/c15-10-1-3-14(12(16)8-10)19-13-4-2-11(17)7-9(13)5-6-18/h1-4,7-8H,5-6,18H2. The summed E-state index contributed by atoms with van der Waals surface area (Å²) < 4.78 is 7.80. The first-order valence-corrected chi connectivity index (χ1v) is 7.68. The Hall–Kier alpha value is -0.550. The van der Waals surface area contributed by atoms with Gasteiger partial charge in [-0.15, -0.1) is 0 Å². The Kier molecular flexibility index (Phi) is 5.28. The van der Waals surface area contributed by atoms with Gasteiger partial charge in [-0.1, -0.05) is 27.5 Å². The fraction of sp³-hybridized carbons (Fsp3) is 0.143. The zero-order valence-electron chi connectivity index (χ0n) is 10.00. The minimum absolute atomic E-state index is 0.554. The Labute approximate surface area is 134 Å². The third-order valence-corrected chi connectivity index (χ3v) is 3.90. The van der Waals surface area contributed by atoms with Crippen molar-refractivity contribution in [3.8, 4) is 11.5 Å². The lowest BCUT2D eigenvalue weighted by Gasteiger charge is -2.12. The zero-order chi connectivity index (χ0) is 13.8. The maximum absolute atomic E-state index is 6.00. The molecule has 0 saturated carbocycles. The molecule has 0 aliphatic rings. The summed E-state index contributed by atoms with van der Waals surface area (Å²) in [5.41, 5.74) is 6.61. The molecule has 0 heterocycles. The summed E-state index contributed by atoms with van der Waals surface area (Å²) in [7, 11) is 0. The molecule has 0 spiro atoms. The number of hydrogen-bond donors (Lipinski definition) is 1. The normalized spacial score (nSPS) is 10.5. The van der Waals surface area contributed by atoms with Gasteiger partial charge in [0.2, 0.25) is 0 Å². The molecule has 0 saturated heterocycles. The van der Waals surface area contributed by atoms with Crippen molar-refractivity contribution in [1.29, 1.82) is 0 Å². The largest absolute Gasteiger partial charge is 0.456 e.